The normalized spacial score (nSPS) is 17.4. The fraction of sp³-hybridized carbons (Fsp3) is 0.526. The summed E-state index contributed by atoms with van der Waals surface area (Å²) in [5.41, 5.74) is 6.35. The van der Waals surface area contributed by atoms with Crippen molar-refractivity contribution in [1.82, 2.24) is 15.1 Å². The SMILES string of the molecule is C[C@H](NC(=O)CCC(=O)N1CCN([C@@H](C)C(N)=O)CC1)c1ccccc1. The van der Waals surface area contributed by atoms with Crippen molar-refractivity contribution in [1.29, 1.82) is 0 Å². The van der Waals surface area contributed by atoms with Crippen LogP contribution in [0.1, 0.15) is 38.3 Å². The number of piperazine rings is 1. The van der Waals surface area contributed by atoms with Gasteiger partial charge in [0.25, 0.3) is 0 Å². The van der Waals surface area contributed by atoms with Crippen LogP contribution in [-0.2, 0) is 14.4 Å². The van der Waals surface area contributed by atoms with Crippen LogP contribution in [0, 0.1) is 0 Å². The summed E-state index contributed by atoms with van der Waals surface area (Å²) in [5.74, 6) is -0.511. The van der Waals surface area contributed by atoms with Gasteiger partial charge in [0, 0.05) is 39.0 Å². The van der Waals surface area contributed by atoms with E-state index < -0.39 is 0 Å². The molecule has 1 aliphatic heterocycles. The minimum absolute atomic E-state index is 0.0288. The van der Waals surface area contributed by atoms with Gasteiger partial charge in [0.2, 0.25) is 17.7 Å². The maximum Gasteiger partial charge on any atom is 0.234 e. The van der Waals surface area contributed by atoms with Crippen molar-refractivity contribution in [2.75, 3.05) is 26.2 Å². The second-order valence-electron chi connectivity index (χ2n) is 6.69. The van der Waals surface area contributed by atoms with Crippen LogP contribution < -0.4 is 11.1 Å². The average molecular weight is 360 g/mol. The van der Waals surface area contributed by atoms with E-state index in [2.05, 4.69) is 5.32 Å². The molecule has 1 aromatic carbocycles. The smallest absolute Gasteiger partial charge is 0.234 e. The lowest BCUT2D eigenvalue weighted by atomic mass is 10.1. The molecule has 0 radical (unpaired) electrons. The number of carbonyl (C=O) groups excluding carboxylic acids is 3. The van der Waals surface area contributed by atoms with Gasteiger partial charge in [0.15, 0.2) is 0 Å². The van der Waals surface area contributed by atoms with Crippen molar-refractivity contribution < 1.29 is 14.4 Å². The molecule has 2 rings (SSSR count). The van der Waals surface area contributed by atoms with E-state index in [0.29, 0.717) is 26.2 Å². The molecule has 0 spiro atoms. The minimum Gasteiger partial charge on any atom is -0.368 e. The predicted octanol–water partition coefficient (Wildman–Crippen LogP) is 0.662. The maximum atomic E-state index is 12.3. The molecule has 0 bridgehead atoms. The number of rotatable bonds is 7. The lowest BCUT2D eigenvalue weighted by molar-refractivity contribution is -0.136. The first kappa shape index (κ1) is 19.9. The molecule has 1 aliphatic rings. The third-order valence-corrected chi connectivity index (χ3v) is 4.87. The van der Waals surface area contributed by atoms with Crippen molar-refractivity contribution in [3.8, 4) is 0 Å². The van der Waals surface area contributed by atoms with Gasteiger partial charge in [-0.2, -0.15) is 0 Å². The number of nitrogens with one attached hydrogen (secondary N) is 1. The van der Waals surface area contributed by atoms with Gasteiger partial charge >= 0.3 is 0 Å². The number of carbonyl (C=O) groups is 3. The van der Waals surface area contributed by atoms with E-state index >= 15 is 0 Å². The van der Waals surface area contributed by atoms with Gasteiger partial charge in [0.05, 0.1) is 12.1 Å². The summed E-state index contributed by atoms with van der Waals surface area (Å²) in [5, 5.41) is 2.92. The Bertz CT molecular complexity index is 627. The van der Waals surface area contributed by atoms with Crippen LogP contribution in [0.2, 0.25) is 0 Å². The monoisotopic (exact) mass is 360 g/mol. The topological polar surface area (TPSA) is 95.7 Å². The lowest BCUT2D eigenvalue weighted by Crippen LogP contribution is -2.54. The molecule has 0 aromatic heterocycles. The highest BCUT2D eigenvalue weighted by atomic mass is 16.2. The summed E-state index contributed by atoms with van der Waals surface area (Å²) >= 11 is 0. The van der Waals surface area contributed by atoms with E-state index in [1.54, 1.807) is 11.8 Å². The zero-order valence-electron chi connectivity index (χ0n) is 15.5. The number of hydrogen-bond acceptors (Lipinski definition) is 4. The number of nitrogens with two attached hydrogens (primary N) is 1. The largest absolute Gasteiger partial charge is 0.368 e. The molecular formula is C19H28N4O3. The number of benzene rings is 1. The molecule has 26 heavy (non-hydrogen) atoms. The van der Waals surface area contributed by atoms with Crippen LogP contribution >= 0.6 is 0 Å². The van der Waals surface area contributed by atoms with Gasteiger partial charge in [-0.3, -0.25) is 19.3 Å². The number of amides is 3. The van der Waals surface area contributed by atoms with Gasteiger partial charge in [-0.25, -0.2) is 0 Å². The number of nitrogens with zero attached hydrogens (tertiary/aromatic N) is 2. The minimum atomic E-state index is -0.353. The first-order valence-electron chi connectivity index (χ1n) is 9.04. The summed E-state index contributed by atoms with van der Waals surface area (Å²) in [4.78, 5) is 39.4. The van der Waals surface area contributed by atoms with E-state index in [1.807, 2.05) is 42.2 Å². The molecule has 1 saturated heterocycles. The highest BCUT2D eigenvalue weighted by Crippen LogP contribution is 2.12. The summed E-state index contributed by atoms with van der Waals surface area (Å²) in [7, 11) is 0. The quantitative estimate of drug-likeness (QED) is 0.747. The van der Waals surface area contributed by atoms with Crippen LogP contribution in [0.25, 0.3) is 0 Å². The fourth-order valence-corrected chi connectivity index (χ4v) is 3.06. The first-order valence-corrected chi connectivity index (χ1v) is 9.04. The Morgan fingerprint density at radius 3 is 2.23 bits per heavy atom. The van der Waals surface area contributed by atoms with Crippen LogP contribution in [-0.4, -0.2) is 59.7 Å². The second kappa shape index (κ2) is 9.33. The third kappa shape index (κ3) is 5.56. The van der Waals surface area contributed by atoms with Gasteiger partial charge in [-0.1, -0.05) is 30.3 Å². The summed E-state index contributed by atoms with van der Waals surface area (Å²) in [6, 6.07) is 9.31. The van der Waals surface area contributed by atoms with Gasteiger partial charge < -0.3 is 16.0 Å². The zero-order chi connectivity index (χ0) is 19.1. The molecule has 0 saturated carbocycles. The second-order valence-corrected chi connectivity index (χ2v) is 6.69. The third-order valence-electron chi connectivity index (χ3n) is 4.87. The Hall–Kier alpha value is -2.41. The molecule has 7 heteroatoms. The highest BCUT2D eigenvalue weighted by molar-refractivity contribution is 5.84. The standard InChI is InChI=1S/C19H28N4O3/c1-14(16-6-4-3-5-7-16)21-17(24)8-9-18(25)23-12-10-22(11-13-23)15(2)19(20)26/h3-7,14-15H,8-13H2,1-2H3,(H2,20,26)(H,21,24)/t14-,15-/m0/s1. The van der Waals surface area contributed by atoms with E-state index in [0.717, 1.165) is 5.56 Å². The van der Waals surface area contributed by atoms with Crippen molar-refractivity contribution in [2.24, 2.45) is 5.73 Å². The van der Waals surface area contributed by atoms with Gasteiger partial charge in [-0.15, -0.1) is 0 Å². The molecule has 3 N–H and O–H groups in total. The first-order chi connectivity index (χ1) is 12.4. The predicted molar refractivity (Wildman–Crippen MR) is 99.0 cm³/mol. The molecule has 7 nitrogen and oxygen atoms in total. The van der Waals surface area contributed by atoms with Crippen molar-refractivity contribution in [2.45, 2.75) is 38.8 Å². The number of hydrogen-bond donors (Lipinski definition) is 2. The van der Waals surface area contributed by atoms with Crippen molar-refractivity contribution in [3.63, 3.8) is 0 Å². The molecule has 142 valence electrons. The lowest BCUT2D eigenvalue weighted by Gasteiger charge is -2.37. The highest BCUT2D eigenvalue weighted by Gasteiger charge is 2.26. The Morgan fingerprint density at radius 1 is 1.04 bits per heavy atom. The Labute approximate surface area is 154 Å². The zero-order valence-corrected chi connectivity index (χ0v) is 15.5. The van der Waals surface area contributed by atoms with Crippen molar-refractivity contribution >= 4 is 17.7 Å². The molecule has 0 unspecified atom stereocenters. The van der Waals surface area contributed by atoms with E-state index in [-0.39, 0.29) is 42.6 Å². The molecular weight excluding hydrogens is 332 g/mol. The van der Waals surface area contributed by atoms with Crippen LogP contribution in [0.5, 0.6) is 0 Å². The molecule has 2 atom stereocenters. The molecule has 1 heterocycles. The van der Waals surface area contributed by atoms with E-state index in [1.165, 1.54) is 0 Å². The summed E-state index contributed by atoms with van der Waals surface area (Å²) < 4.78 is 0. The molecule has 0 aliphatic carbocycles. The van der Waals surface area contributed by atoms with Crippen LogP contribution in [0.3, 0.4) is 0 Å². The van der Waals surface area contributed by atoms with E-state index in [9.17, 15) is 14.4 Å². The van der Waals surface area contributed by atoms with Crippen molar-refractivity contribution in [3.05, 3.63) is 35.9 Å². The molecule has 1 fully saturated rings. The van der Waals surface area contributed by atoms with Gasteiger partial charge in [-0.05, 0) is 19.4 Å². The molecule has 3 amide bonds. The summed E-state index contributed by atoms with van der Waals surface area (Å²) in [6.07, 6.45) is 0.368. The summed E-state index contributed by atoms with van der Waals surface area (Å²) in [6.45, 7) is 6.05. The maximum absolute atomic E-state index is 12.3. The average Bonchev–Trinajstić information content (AvgIpc) is 2.66. The number of primary amides is 1. The Kier molecular flexibility index (Phi) is 7.15. The van der Waals surface area contributed by atoms with Crippen LogP contribution in [0.15, 0.2) is 30.3 Å². The molecule has 1 aromatic rings. The van der Waals surface area contributed by atoms with E-state index in [4.69, 9.17) is 5.73 Å². The Balaban J connectivity index is 1.72. The Morgan fingerprint density at radius 2 is 1.65 bits per heavy atom. The van der Waals surface area contributed by atoms with Gasteiger partial charge in [0.1, 0.15) is 0 Å². The van der Waals surface area contributed by atoms with Crippen LogP contribution in [0.4, 0.5) is 0 Å². The fourth-order valence-electron chi connectivity index (χ4n) is 3.06.